The van der Waals surface area contributed by atoms with Gasteiger partial charge in [-0.3, -0.25) is 0 Å². The van der Waals surface area contributed by atoms with Crippen LogP contribution in [0.25, 0.3) is 0 Å². The Balaban J connectivity index is 2.66. The van der Waals surface area contributed by atoms with E-state index in [0.717, 1.165) is 0 Å². The van der Waals surface area contributed by atoms with Crippen LogP contribution in [0.1, 0.15) is 6.92 Å². The van der Waals surface area contributed by atoms with Crippen LogP contribution in [0.3, 0.4) is 0 Å². The molecule has 1 aliphatic rings. The van der Waals surface area contributed by atoms with E-state index in [4.69, 9.17) is 14.6 Å². The lowest BCUT2D eigenvalue weighted by Gasteiger charge is -2.40. The largest absolute Gasteiger partial charge is 0.394 e. The van der Waals surface area contributed by atoms with Crippen molar-refractivity contribution in [2.45, 2.75) is 31.5 Å². The summed E-state index contributed by atoms with van der Waals surface area (Å²) < 4.78 is 9.97. The van der Waals surface area contributed by atoms with Gasteiger partial charge in [-0.15, -0.1) is 0 Å². The van der Waals surface area contributed by atoms with Crippen molar-refractivity contribution in [1.29, 1.82) is 0 Å². The minimum atomic E-state index is -0.859. The highest BCUT2D eigenvalue weighted by Gasteiger charge is 2.41. The second-order valence-corrected chi connectivity index (χ2v) is 3.30. The molecule has 1 fully saturated rings. The van der Waals surface area contributed by atoms with Crippen molar-refractivity contribution in [3.05, 3.63) is 0 Å². The van der Waals surface area contributed by atoms with Crippen LogP contribution < -0.4 is 0 Å². The van der Waals surface area contributed by atoms with Crippen molar-refractivity contribution >= 4 is 0 Å². The molecule has 5 heteroatoms. The lowest BCUT2D eigenvalue weighted by molar-refractivity contribution is -0.280. The monoisotopic (exact) mass is 192 g/mol. The Morgan fingerprint density at radius 3 is 2.38 bits per heavy atom. The number of aliphatic hydroxyl groups is 3. The second-order valence-electron chi connectivity index (χ2n) is 3.30. The summed E-state index contributed by atoms with van der Waals surface area (Å²) in [5.74, 6) is -0.365. The quantitative estimate of drug-likeness (QED) is 0.507. The van der Waals surface area contributed by atoms with Gasteiger partial charge in [0.25, 0.3) is 0 Å². The molecule has 0 aromatic heterocycles. The van der Waals surface area contributed by atoms with E-state index in [9.17, 15) is 10.2 Å². The Kier molecular flexibility index (Phi) is 3.63. The van der Waals surface area contributed by atoms with Gasteiger partial charge in [-0.2, -0.15) is 0 Å². The minimum Gasteiger partial charge on any atom is -0.394 e. The molecule has 5 atom stereocenters. The van der Waals surface area contributed by atoms with E-state index in [-0.39, 0.29) is 12.5 Å². The van der Waals surface area contributed by atoms with Crippen LogP contribution in [0.5, 0.6) is 0 Å². The minimum absolute atomic E-state index is 0.280. The fourth-order valence-corrected chi connectivity index (χ4v) is 1.47. The zero-order chi connectivity index (χ0) is 10.0. The molecule has 0 aliphatic carbocycles. The molecule has 1 heterocycles. The van der Waals surface area contributed by atoms with Gasteiger partial charge in [-0.05, 0) is 0 Å². The van der Waals surface area contributed by atoms with Crippen LogP contribution in [0.2, 0.25) is 0 Å². The summed E-state index contributed by atoms with van der Waals surface area (Å²) in [5.41, 5.74) is 0. The molecule has 0 spiro atoms. The van der Waals surface area contributed by atoms with Gasteiger partial charge in [0.15, 0.2) is 6.29 Å². The lowest BCUT2D eigenvalue weighted by Crippen LogP contribution is -2.54. The fourth-order valence-electron chi connectivity index (χ4n) is 1.47. The number of hydrogen-bond donors (Lipinski definition) is 3. The second kappa shape index (κ2) is 4.34. The van der Waals surface area contributed by atoms with Crippen LogP contribution in [-0.2, 0) is 9.47 Å². The van der Waals surface area contributed by atoms with Gasteiger partial charge in [0.1, 0.15) is 12.2 Å². The van der Waals surface area contributed by atoms with Crippen molar-refractivity contribution in [1.82, 2.24) is 0 Å². The first-order chi connectivity index (χ1) is 6.11. The van der Waals surface area contributed by atoms with Gasteiger partial charge in [0.2, 0.25) is 0 Å². The Labute approximate surface area is 76.9 Å². The molecule has 78 valence electrons. The van der Waals surface area contributed by atoms with E-state index in [2.05, 4.69) is 0 Å². The summed E-state index contributed by atoms with van der Waals surface area (Å²) in [6.07, 6.45) is -3.16. The van der Waals surface area contributed by atoms with Crippen molar-refractivity contribution in [3.63, 3.8) is 0 Å². The van der Waals surface area contributed by atoms with Crippen molar-refractivity contribution in [2.24, 2.45) is 5.92 Å². The summed E-state index contributed by atoms with van der Waals surface area (Å²) >= 11 is 0. The smallest absolute Gasteiger partial charge is 0.183 e. The summed E-state index contributed by atoms with van der Waals surface area (Å²) in [7, 11) is 1.41. The maximum atomic E-state index is 9.53. The maximum Gasteiger partial charge on any atom is 0.183 e. The SMILES string of the molecule is CO[C@@H]1OC(CO)[C@@H](O)C(C)C1O. The molecule has 1 rings (SSSR count). The average molecular weight is 192 g/mol. The van der Waals surface area contributed by atoms with Gasteiger partial charge < -0.3 is 24.8 Å². The topological polar surface area (TPSA) is 79.2 Å². The number of aliphatic hydroxyl groups excluding tert-OH is 3. The van der Waals surface area contributed by atoms with Crippen molar-refractivity contribution in [3.8, 4) is 0 Å². The molecule has 5 nitrogen and oxygen atoms in total. The van der Waals surface area contributed by atoms with Crippen molar-refractivity contribution < 1.29 is 24.8 Å². The predicted molar refractivity (Wildman–Crippen MR) is 43.9 cm³/mol. The molecule has 0 aromatic rings. The Hall–Kier alpha value is -0.200. The number of ether oxygens (including phenoxy) is 2. The molecule has 0 aromatic carbocycles. The zero-order valence-corrected chi connectivity index (χ0v) is 7.75. The summed E-state index contributed by atoms with van der Waals surface area (Å²) in [6, 6.07) is 0. The molecule has 0 bridgehead atoms. The number of hydrogen-bond acceptors (Lipinski definition) is 5. The number of methoxy groups -OCH3 is 1. The van der Waals surface area contributed by atoms with Gasteiger partial charge >= 0.3 is 0 Å². The lowest BCUT2D eigenvalue weighted by atomic mass is 9.91. The van der Waals surface area contributed by atoms with E-state index in [1.807, 2.05) is 0 Å². The van der Waals surface area contributed by atoms with Crippen LogP contribution in [0.4, 0.5) is 0 Å². The summed E-state index contributed by atoms with van der Waals surface area (Å²) in [4.78, 5) is 0. The van der Waals surface area contributed by atoms with E-state index in [1.165, 1.54) is 7.11 Å². The maximum absolute atomic E-state index is 9.53. The van der Waals surface area contributed by atoms with E-state index in [0.29, 0.717) is 0 Å². The molecular formula is C8H16O5. The molecule has 0 amide bonds. The van der Waals surface area contributed by atoms with Gasteiger partial charge in [0.05, 0.1) is 12.7 Å². The van der Waals surface area contributed by atoms with E-state index >= 15 is 0 Å². The van der Waals surface area contributed by atoms with Crippen LogP contribution in [0, 0.1) is 5.92 Å². The molecule has 3 unspecified atom stereocenters. The standard InChI is InChI=1S/C8H16O5/c1-4-6(10)5(3-9)13-8(12-2)7(4)11/h4-11H,3H2,1-2H3/t4?,5?,6-,7?,8+/m0/s1. The third kappa shape index (κ3) is 2.00. The van der Waals surface area contributed by atoms with Crippen LogP contribution in [0.15, 0.2) is 0 Å². The highest BCUT2D eigenvalue weighted by molar-refractivity contribution is 4.86. The molecule has 1 saturated heterocycles. The fraction of sp³-hybridized carbons (Fsp3) is 1.00. The first-order valence-corrected chi connectivity index (χ1v) is 4.27. The Bertz CT molecular complexity index is 143. The van der Waals surface area contributed by atoms with E-state index in [1.54, 1.807) is 6.92 Å². The highest BCUT2D eigenvalue weighted by Crippen LogP contribution is 2.25. The first kappa shape index (κ1) is 10.9. The Morgan fingerprint density at radius 1 is 1.31 bits per heavy atom. The molecule has 0 radical (unpaired) electrons. The molecule has 1 aliphatic heterocycles. The molecule has 13 heavy (non-hydrogen) atoms. The van der Waals surface area contributed by atoms with Crippen LogP contribution in [-0.4, -0.2) is 53.6 Å². The zero-order valence-electron chi connectivity index (χ0n) is 7.75. The third-order valence-corrected chi connectivity index (χ3v) is 2.46. The van der Waals surface area contributed by atoms with Gasteiger partial charge in [-0.25, -0.2) is 0 Å². The normalized spacial score (nSPS) is 46.4. The van der Waals surface area contributed by atoms with E-state index < -0.39 is 24.6 Å². The molecule has 3 N–H and O–H groups in total. The van der Waals surface area contributed by atoms with Gasteiger partial charge in [-0.1, -0.05) is 6.92 Å². The van der Waals surface area contributed by atoms with Crippen LogP contribution >= 0.6 is 0 Å². The first-order valence-electron chi connectivity index (χ1n) is 4.27. The molecule has 0 saturated carbocycles. The number of rotatable bonds is 2. The van der Waals surface area contributed by atoms with Crippen molar-refractivity contribution in [2.75, 3.05) is 13.7 Å². The predicted octanol–water partition coefficient (Wildman–Crippen LogP) is -1.29. The Morgan fingerprint density at radius 2 is 1.92 bits per heavy atom. The average Bonchev–Trinajstić information content (AvgIpc) is 2.15. The third-order valence-electron chi connectivity index (χ3n) is 2.46. The molecular weight excluding hydrogens is 176 g/mol. The summed E-state index contributed by atoms with van der Waals surface area (Å²) in [5, 5.41) is 27.9. The highest BCUT2D eigenvalue weighted by atomic mass is 16.7. The summed E-state index contributed by atoms with van der Waals surface area (Å²) in [6.45, 7) is 1.41. The van der Waals surface area contributed by atoms with Gasteiger partial charge in [0, 0.05) is 13.0 Å².